The van der Waals surface area contributed by atoms with Gasteiger partial charge in [0.25, 0.3) is 0 Å². The largest absolute Gasteiger partial charge is 0.480 e. The SMILES string of the molecule is CCC(C)C(N)C(=O)NC(CS)C(=O)N1CCCC1C(=O)NC(CO)C(=O)O. The molecular formula is C17H30N4O6S. The molecule has 0 aromatic carbocycles. The average Bonchev–Trinajstić information content (AvgIpc) is 3.17. The lowest BCUT2D eigenvalue weighted by Gasteiger charge is -2.29. The molecule has 6 N–H and O–H groups in total. The summed E-state index contributed by atoms with van der Waals surface area (Å²) in [6.45, 7) is 3.28. The molecular weight excluding hydrogens is 388 g/mol. The van der Waals surface area contributed by atoms with Crippen molar-refractivity contribution >= 4 is 36.3 Å². The monoisotopic (exact) mass is 418 g/mol. The molecule has 5 unspecified atom stereocenters. The molecule has 160 valence electrons. The molecule has 1 fully saturated rings. The van der Waals surface area contributed by atoms with E-state index in [4.69, 9.17) is 15.9 Å². The Labute approximate surface area is 169 Å². The quantitative estimate of drug-likeness (QED) is 0.231. The number of carboxylic acid groups (broad SMARTS) is 1. The lowest BCUT2D eigenvalue weighted by atomic mass is 9.99. The van der Waals surface area contributed by atoms with Crippen LogP contribution in [0.15, 0.2) is 0 Å². The summed E-state index contributed by atoms with van der Waals surface area (Å²) in [5.74, 6) is -3.01. The van der Waals surface area contributed by atoms with Crippen LogP contribution in [0.3, 0.4) is 0 Å². The first-order valence-corrected chi connectivity index (χ1v) is 9.92. The summed E-state index contributed by atoms with van der Waals surface area (Å²) in [6.07, 6.45) is 1.62. The second kappa shape index (κ2) is 11.2. The standard InChI is InChI=1S/C17H30N4O6S/c1-3-9(2)13(18)15(24)20-11(8-28)16(25)21-6-4-5-12(21)14(23)19-10(7-22)17(26)27/h9-13,22,28H,3-8,18H2,1-2H3,(H,19,23)(H,20,24)(H,26,27). The Morgan fingerprint density at radius 1 is 1.25 bits per heavy atom. The smallest absolute Gasteiger partial charge is 0.328 e. The number of aliphatic carboxylic acids is 1. The van der Waals surface area contributed by atoms with Gasteiger partial charge >= 0.3 is 5.97 Å². The van der Waals surface area contributed by atoms with Gasteiger partial charge in [-0.05, 0) is 18.8 Å². The third-order valence-corrected chi connectivity index (χ3v) is 5.36. The molecule has 0 aliphatic carbocycles. The van der Waals surface area contributed by atoms with E-state index in [-0.39, 0.29) is 11.7 Å². The number of hydrogen-bond acceptors (Lipinski definition) is 7. The van der Waals surface area contributed by atoms with Crippen LogP contribution in [-0.4, -0.2) is 81.9 Å². The van der Waals surface area contributed by atoms with Crippen molar-refractivity contribution in [2.45, 2.75) is 57.3 Å². The molecule has 0 spiro atoms. The van der Waals surface area contributed by atoms with Gasteiger partial charge in [-0.2, -0.15) is 12.6 Å². The molecule has 1 saturated heterocycles. The molecule has 1 aliphatic rings. The maximum Gasteiger partial charge on any atom is 0.328 e. The number of hydrogen-bond donors (Lipinski definition) is 6. The van der Waals surface area contributed by atoms with Gasteiger partial charge in [-0.1, -0.05) is 20.3 Å². The Hall–Kier alpha value is -1.85. The van der Waals surface area contributed by atoms with Crippen molar-refractivity contribution in [3.05, 3.63) is 0 Å². The number of carboxylic acids is 1. The predicted octanol–water partition coefficient (Wildman–Crippen LogP) is -1.67. The Bertz CT molecular complexity index is 590. The zero-order valence-corrected chi connectivity index (χ0v) is 17.0. The van der Waals surface area contributed by atoms with Crippen molar-refractivity contribution < 1.29 is 29.4 Å². The highest BCUT2D eigenvalue weighted by Crippen LogP contribution is 2.19. The van der Waals surface area contributed by atoms with Gasteiger partial charge in [-0.15, -0.1) is 0 Å². The summed E-state index contributed by atoms with van der Waals surface area (Å²) in [6, 6.07) is -4.03. The minimum absolute atomic E-state index is 0.0248. The zero-order valence-electron chi connectivity index (χ0n) is 16.1. The minimum atomic E-state index is -1.45. The molecule has 1 rings (SSSR count). The number of nitrogens with two attached hydrogens (primary N) is 1. The number of nitrogens with zero attached hydrogens (tertiary/aromatic N) is 1. The van der Waals surface area contributed by atoms with E-state index < -0.39 is 54.5 Å². The summed E-state index contributed by atoms with van der Waals surface area (Å²) in [7, 11) is 0. The molecule has 0 radical (unpaired) electrons. The Balaban J connectivity index is 2.82. The van der Waals surface area contributed by atoms with Crippen LogP contribution in [0.2, 0.25) is 0 Å². The van der Waals surface area contributed by atoms with Crippen molar-refractivity contribution in [3.63, 3.8) is 0 Å². The zero-order chi connectivity index (χ0) is 21.4. The van der Waals surface area contributed by atoms with E-state index in [1.54, 1.807) is 0 Å². The first kappa shape index (κ1) is 24.2. The van der Waals surface area contributed by atoms with Gasteiger partial charge < -0.3 is 31.5 Å². The highest BCUT2D eigenvalue weighted by Gasteiger charge is 2.38. The summed E-state index contributed by atoms with van der Waals surface area (Å²) >= 11 is 4.13. The fraction of sp³-hybridized carbons (Fsp3) is 0.765. The van der Waals surface area contributed by atoms with Gasteiger partial charge in [-0.25, -0.2) is 4.79 Å². The van der Waals surface area contributed by atoms with Gasteiger partial charge in [0, 0.05) is 12.3 Å². The lowest BCUT2D eigenvalue weighted by molar-refractivity contribution is -0.145. The van der Waals surface area contributed by atoms with Crippen molar-refractivity contribution in [1.29, 1.82) is 0 Å². The van der Waals surface area contributed by atoms with E-state index in [1.807, 2.05) is 13.8 Å². The Morgan fingerprint density at radius 3 is 2.39 bits per heavy atom. The molecule has 1 aliphatic heterocycles. The van der Waals surface area contributed by atoms with Crippen LogP contribution in [0.5, 0.6) is 0 Å². The molecule has 1 heterocycles. The van der Waals surface area contributed by atoms with Gasteiger partial charge in [-0.3, -0.25) is 14.4 Å². The van der Waals surface area contributed by atoms with Crippen LogP contribution in [0.25, 0.3) is 0 Å². The molecule has 3 amide bonds. The van der Waals surface area contributed by atoms with Gasteiger partial charge in [0.05, 0.1) is 12.6 Å². The predicted molar refractivity (Wildman–Crippen MR) is 105 cm³/mol. The molecule has 5 atom stereocenters. The third kappa shape index (κ3) is 6.08. The van der Waals surface area contributed by atoms with E-state index in [0.717, 1.165) is 0 Å². The second-order valence-corrected chi connectivity index (χ2v) is 7.29. The topological polar surface area (TPSA) is 162 Å². The highest BCUT2D eigenvalue weighted by atomic mass is 32.1. The summed E-state index contributed by atoms with van der Waals surface area (Å²) in [5.41, 5.74) is 5.90. The summed E-state index contributed by atoms with van der Waals surface area (Å²) < 4.78 is 0. The molecule has 0 saturated carbocycles. The Kier molecular flexibility index (Phi) is 9.70. The number of carbonyl (C=O) groups is 4. The number of thiol groups is 1. The maximum atomic E-state index is 12.9. The number of amides is 3. The maximum absolute atomic E-state index is 12.9. The summed E-state index contributed by atoms with van der Waals surface area (Å²) in [4.78, 5) is 49.8. The minimum Gasteiger partial charge on any atom is -0.480 e. The van der Waals surface area contributed by atoms with E-state index in [1.165, 1.54) is 4.90 Å². The first-order chi connectivity index (χ1) is 13.2. The average molecular weight is 419 g/mol. The number of aliphatic hydroxyl groups is 1. The van der Waals surface area contributed by atoms with E-state index in [9.17, 15) is 19.2 Å². The molecule has 11 heteroatoms. The third-order valence-electron chi connectivity index (χ3n) is 4.99. The van der Waals surface area contributed by atoms with Gasteiger partial charge in [0.1, 0.15) is 18.1 Å². The van der Waals surface area contributed by atoms with Crippen LogP contribution in [0, 0.1) is 5.92 Å². The summed E-state index contributed by atoms with van der Waals surface area (Å²) in [5, 5.41) is 22.8. The molecule has 0 aromatic heterocycles. The number of nitrogens with one attached hydrogen (secondary N) is 2. The van der Waals surface area contributed by atoms with Crippen molar-refractivity contribution in [2.24, 2.45) is 11.7 Å². The molecule has 10 nitrogen and oxygen atoms in total. The fourth-order valence-electron chi connectivity index (χ4n) is 2.92. The van der Waals surface area contributed by atoms with Crippen molar-refractivity contribution in [3.8, 4) is 0 Å². The lowest BCUT2D eigenvalue weighted by Crippen LogP contribution is -2.58. The van der Waals surface area contributed by atoms with Crippen LogP contribution >= 0.6 is 12.6 Å². The normalized spacial score (nSPS) is 20.8. The number of rotatable bonds is 10. The number of carbonyl (C=O) groups excluding carboxylic acids is 3. The van der Waals surface area contributed by atoms with E-state index in [0.29, 0.717) is 25.8 Å². The van der Waals surface area contributed by atoms with Crippen molar-refractivity contribution in [1.82, 2.24) is 15.5 Å². The molecule has 28 heavy (non-hydrogen) atoms. The highest BCUT2D eigenvalue weighted by molar-refractivity contribution is 7.80. The molecule has 0 bridgehead atoms. The van der Waals surface area contributed by atoms with E-state index >= 15 is 0 Å². The van der Waals surface area contributed by atoms with Crippen molar-refractivity contribution in [2.75, 3.05) is 18.9 Å². The van der Waals surface area contributed by atoms with E-state index in [2.05, 4.69) is 23.3 Å². The molecule has 0 aromatic rings. The van der Waals surface area contributed by atoms with Gasteiger partial charge in [0.2, 0.25) is 17.7 Å². The van der Waals surface area contributed by atoms with Crippen LogP contribution < -0.4 is 16.4 Å². The number of aliphatic hydroxyl groups excluding tert-OH is 1. The number of likely N-dealkylation sites (tertiary alicyclic amines) is 1. The Morgan fingerprint density at radius 2 is 1.89 bits per heavy atom. The first-order valence-electron chi connectivity index (χ1n) is 9.29. The van der Waals surface area contributed by atoms with Gasteiger partial charge in [0.15, 0.2) is 0 Å². The second-order valence-electron chi connectivity index (χ2n) is 6.93. The van der Waals surface area contributed by atoms with Crippen LogP contribution in [-0.2, 0) is 19.2 Å². The van der Waals surface area contributed by atoms with Crippen LogP contribution in [0.1, 0.15) is 33.1 Å². The van der Waals surface area contributed by atoms with Crippen LogP contribution in [0.4, 0.5) is 0 Å². The fourth-order valence-corrected chi connectivity index (χ4v) is 3.17.